The Kier molecular flexibility index (Phi) is 6.55. The fraction of sp³-hybridized carbons (Fsp3) is 0.269. The van der Waals surface area contributed by atoms with Gasteiger partial charge in [0, 0.05) is 52.2 Å². The van der Waals surface area contributed by atoms with Gasteiger partial charge in [-0.25, -0.2) is 0 Å². The summed E-state index contributed by atoms with van der Waals surface area (Å²) < 4.78 is 3.74. The molecule has 3 aromatic rings. The van der Waals surface area contributed by atoms with Crippen LogP contribution < -0.4 is 5.32 Å². The summed E-state index contributed by atoms with van der Waals surface area (Å²) in [6, 6.07) is 11.9. The number of carbonyl (C=O) groups is 3. The summed E-state index contributed by atoms with van der Waals surface area (Å²) in [7, 11) is 0. The molecule has 2 aromatic carbocycles. The van der Waals surface area contributed by atoms with Crippen molar-refractivity contribution in [1.29, 1.82) is 0 Å². The van der Waals surface area contributed by atoms with Crippen LogP contribution in [0.15, 0.2) is 64.2 Å². The molecule has 9 heteroatoms. The third-order valence-corrected chi connectivity index (χ3v) is 7.57. The fourth-order valence-corrected chi connectivity index (χ4v) is 5.51. The first-order valence-corrected chi connectivity index (χ1v) is 13.0. The highest BCUT2D eigenvalue weighted by Crippen LogP contribution is 2.29. The van der Waals surface area contributed by atoms with Gasteiger partial charge in [0.2, 0.25) is 11.8 Å². The Bertz CT molecular complexity index is 1360. The highest BCUT2D eigenvalue weighted by Gasteiger charge is 2.31. The van der Waals surface area contributed by atoms with E-state index in [-0.39, 0.29) is 30.3 Å². The summed E-state index contributed by atoms with van der Waals surface area (Å²) in [5.74, 6) is -0.330. The van der Waals surface area contributed by atoms with Gasteiger partial charge in [-0.3, -0.25) is 14.4 Å². The highest BCUT2D eigenvalue weighted by molar-refractivity contribution is 9.10. The van der Waals surface area contributed by atoms with E-state index in [1.54, 1.807) is 11.1 Å². The number of rotatable bonds is 5. The van der Waals surface area contributed by atoms with Crippen LogP contribution in [0, 0.1) is 0 Å². The lowest BCUT2D eigenvalue weighted by Crippen LogP contribution is -2.61. The minimum Gasteiger partial charge on any atom is -0.348 e. The lowest BCUT2D eigenvalue weighted by Gasteiger charge is -2.38. The van der Waals surface area contributed by atoms with Crippen LogP contribution in [-0.2, 0) is 29.1 Å². The van der Waals surface area contributed by atoms with Crippen LogP contribution in [0.5, 0.6) is 0 Å². The smallest absolute Gasteiger partial charge is 0.256 e. The van der Waals surface area contributed by atoms with E-state index in [0.29, 0.717) is 31.7 Å². The maximum atomic E-state index is 13.6. The summed E-state index contributed by atoms with van der Waals surface area (Å²) in [5, 5.41) is 3.78. The Hall–Kier alpha value is -2.91. The van der Waals surface area contributed by atoms with Gasteiger partial charge in [0.25, 0.3) is 5.91 Å². The maximum absolute atomic E-state index is 13.6. The van der Waals surface area contributed by atoms with E-state index in [4.69, 9.17) is 0 Å². The summed E-state index contributed by atoms with van der Waals surface area (Å²) in [6.07, 6.45) is 3.86. The molecule has 0 saturated carbocycles. The first-order valence-electron chi connectivity index (χ1n) is 11.4. The lowest BCUT2D eigenvalue weighted by molar-refractivity contribution is -0.133. The molecular weight excluding hydrogens is 576 g/mol. The van der Waals surface area contributed by atoms with Crippen molar-refractivity contribution in [2.75, 3.05) is 19.6 Å². The topological polar surface area (TPSA) is 74.6 Å². The number of benzene rings is 2. The molecule has 180 valence electrons. The Balaban J connectivity index is 1.34. The van der Waals surface area contributed by atoms with Crippen molar-refractivity contribution < 1.29 is 14.4 Å². The monoisotopic (exact) mass is 598 g/mol. The maximum Gasteiger partial charge on any atom is 0.256 e. The summed E-state index contributed by atoms with van der Waals surface area (Å²) in [5.41, 5.74) is 3.82. The number of likely N-dealkylation sites (tertiary alicyclic amines) is 1. The SMILES string of the molecule is C=CC(=O)N1CC(NC(=O)Cn2cc(C(=O)N3CCc4cc(Br)ccc4C3)c3cc(Br)ccc32)C1. The molecule has 1 aromatic heterocycles. The van der Waals surface area contributed by atoms with Crippen LogP contribution >= 0.6 is 31.9 Å². The molecule has 1 fully saturated rings. The molecule has 7 nitrogen and oxygen atoms in total. The molecular formula is C26H24Br2N4O3. The summed E-state index contributed by atoms with van der Waals surface area (Å²) in [6.45, 7) is 5.74. The third-order valence-electron chi connectivity index (χ3n) is 6.59. The molecule has 35 heavy (non-hydrogen) atoms. The number of carbonyl (C=O) groups excluding carboxylic acids is 3. The molecule has 2 aliphatic heterocycles. The summed E-state index contributed by atoms with van der Waals surface area (Å²) >= 11 is 7.04. The van der Waals surface area contributed by atoms with Crippen LogP contribution in [0.25, 0.3) is 10.9 Å². The normalized spacial score (nSPS) is 15.5. The van der Waals surface area contributed by atoms with Gasteiger partial charge in [-0.1, -0.05) is 44.5 Å². The van der Waals surface area contributed by atoms with Gasteiger partial charge >= 0.3 is 0 Å². The van der Waals surface area contributed by atoms with Gasteiger partial charge in [-0.15, -0.1) is 0 Å². The number of aromatic nitrogens is 1. The second-order valence-electron chi connectivity index (χ2n) is 8.93. The second kappa shape index (κ2) is 9.62. The molecule has 0 atom stereocenters. The number of nitrogens with zero attached hydrogens (tertiary/aromatic N) is 3. The van der Waals surface area contributed by atoms with Crippen molar-refractivity contribution >= 4 is 60.5 Å². The molecule has 0 unspecified atom stereocenters. The molecule has 3 heterocycles. The minimum absolute atomic E-state index is 0.0431. The third kappa shape index (κ3) is 4.79. The van der Waals surface area contributed by atoms with Gasteiger partial charge in [-0.05, 0) is 54.0 Å². The van der Waals surface area contributed by atoms with E-state index in [1.807, 2.05) is 33.7 Å². The Morgan fingerprint density at radius 3 is 2.54 bits per heavy atom. The first-order chi connectivity index (χ1) is 16.8. The van der Waals surface area contributed by atoms with Crippen LogP contribution in [0.2, 0.25) is 0 Å². The molecule has 5 rings (SSSR count). The molecule has 2 aliphatic rings. The van der Waals surface area contributed by atoms with Crippen molar-refractivity contribution in [2.24, 2.45) is 0 Å². The van der Waals surface area contributed by atoms with Crippen LogP contribution in [-0.4, -0.2) is 57.8 Å². The van der Waals surface area contributed by atoms with Gasteiger partial charge in [0.15, 0.2) is 0 Å². The molecule has 0 aliphatic carbocycles. The molecule has 3 amide bonds. The van der Waals surface area contributed by atoms with E-state index < -0.39 is 0 Å². The molecule has 1 N–H and O–H groups in total. The van der Waals surface area contributed by atoms with Crippen LogP contribution in [0.4, 0.5) is 0 Å². The zero-order valence-electron chi connectivity index (χ0n) is 19.0. The molecule has 0 spiro atoms. The molecule has 0 radical (unpaired) electrons. The van der Waals surface area contributed by atoms with Gasteiger partial charge in [0.05, 0.1) is 11.6 Å². The molecule has 1 saturated heterocycles. The number of hydrogen-bond donors (Lipinski definition) is 1. The van der Waals surface area contributed by atoms with Crippen molar-refractivity contribution in [3.05, 3.63) is 80.9 Å². The van der Waals surface area contributed by atoms with Crippen LogP contribution in [0.1, 0.15) is 21.5 Å². The second-order valence-corrected chi connectivity index (χ2v) is 10.8. The van der Waals surface area contributed by atoms with Gasteiger partial charge < -0.3 is 19.7 Å². The van der Waals surface area contributed by atoms with Crippen molar-refractivity contribution in [3.63, 3.8) is 0 Å². The van der Waals surface area contributed by atoms with E-state index in [2.05, 4.69) is 55.9 Å². The average molecular weight is 600 g/mol. The first kappa shape index (κ1) is 23.8. The summed E-state index contributed by atoms with van der Waals surface area (Å²) in [4.78, 5) is 41.5. The van der Waals surface area contributed by atoms with Gasteiger partial charge in [0.1, 0.15) is 6.54 Å². The van der Waals surface area contributed by atoms with Crippen molar-refractivity contribution in [3.8, 4) is 0 Å². The van der Waals surface area contributed by atoms with Crippen molar-refractivity contribution in [2.45, 2.75) is 25.6 Å². The van der Waals surface area contributed by atoms with Gasteiger partial charge in [-0.2, -0.15) is 0 Å². The number of amides is 3. The van der Waals surface area contributed by atoms with E-state index in [1.165, 1.54) is 11.6 Å². The lowest BCUT2D eigenvalue weighted by atomic mass is 9.99. The standard InChI is InChI=1S/C26H24Br2N4O3/c1-2-25(34)32-12-20(13-32)29-24(33)15-31-14-22(21-10-19(28)5-6-23(21)31)26(35)30-8-7-16-9-18(27)4-3-17(16)11-30/h2-6,9-10,14,20H,1,7-8,11-13,15H2,(H,29,33). The zero-order chi connectivity index (χ0) is 24.7. The minimum atomic E-state index is -0.156. The van der Waals surface area contributed by atoms with E-state index in [0.717, 1.165) is 31.8 Å². The zero-order valence-corrected chi connectivity index (χ0v) is 22.1. The average Bonchev–Trinajstić information content (AvgIpc) is 3.16. The Labute approximate surface area is 220 Å². The number of hydrogen-bond acceptors (Lipinski definition) is 3. The number of nitrogens with one attached hydrogen (secondary N) is 1. The predicted octanol–water partition coefficient (Wildman–Crippen LogP) is 3.88. The highest BCUT2D eigenvalue weighted by atomic mass is 79.9. The number of halogens is 2. The van der Waals surface area contributed by atoms with Crippen molar-refractivity contribution in [1.82, 2.24) is 19.7 Å². The largest absolute Gasteiger partial charge is 0.348 e. The fourth-order valence-electron chi connectivity index (χ4n) is 4.74. The number of fused-ring (bicyclic) bond motifs is 2. The van der Waals surface area contributed by atoms with E-state index in [9.17, 15) is 14.4 Å². The van der Waals surface area contributed by atoms with E-state index >= 15 is 0 Å². The van der Waals surface area contributed by atoms with Crippen LogP contribution in [0.3, 0.4) is 0 Å². The Morgan fingerprint density at radius 1 is 1.03 bits per heavy atom. The predicted molar refractivity (Wildman–Crippen MR) is 141 cm³/mol. The Morgan fingerprint density at radius 2 is 1.77 bits per heavy atom. The quantitative estimate of drug-likeness (QED) is 0.452. The molecule has 0 bridgehead atoms.